The van der Waals surface area contributed by atoms with Gasteiger partial charge in [0.25, 0.3) is 0 Å². The fraction of sp³-hybridized carbons (Fsp3) is 0.925. The fourth-order valence-electron chi connectivity index (χ4n) is 14.3. The minimum Gasteiger partial charge on any atom is -0.463 e. The molecule has 0 radical (unpaired) electrons. The SMILES string of the molecule is COC1CCC(C(=CC2CCC(N(C3CCC(C)CC3)C3CCC(C)CC3)CC2)C2CCC(OC(=O)OC3CCC(C(C)(C)C4CCC(OC(C)=O)CC4)CC3)CC2)CC1. The topological polar surface area (TPSA) is 74.3 Å². The lowest BCUT2D eigenvalue weighted by Crippen LogP contribution is -2.52. The number of carbonyl (C=O) groups excluding carboxylic acids is 2. The molecule has 0 aromatic carbocycles. The van der Waals surface area contributed by atoms with Gasteiger partial charge in [0.05, 0.1) is 6.10 Å². The number of hydrogen-bond acceptors (Lipinski definition) is 7. The van der Waals surface area contributed by atoms with E-state index < -0.39 is 6.16 Å². The van der Waals surface area contributed by atoms with E-state index in [-0.39, 0.29) is 29.7 Å². The number of nitrogens with zero attached hydrogens (tertiary/aromatic N) is 1. The van der Waals surface area contributed by atoms with Crippen LogP contribution in [0.3, 0.4) is 0 Å². The Kier molecular flexibility index (Phi) is 16.9. The van der Waals surface area contributed by atoms with E-state index in [0.717, 1.165) is 107 Å². The van der Waals surface area contributed by atoms with Crippen molar-refractivity contribution in [2.24, 2.45) is 46.8 Å². The van der Waals surface area contributed by atoms with E-state index >= 15 is 0 Å². The first-order valence-corrected chi connectivity index (χ1v) is 26.0. The molecule has 0 aromatic rings. The quantitative estimate of drug-likeness (QED) is 0.143. The summed E-state index contributed by atoms with van der Waals surface area (Å²) >= 11 is 0. The van der Waals surface area contributed by atoms with E-state index in [4.69, 9.17) is 18.9 Å². The predicted molar refractivity (Wildman–Crippen MR) is 242 cm³/mol. The summed E-state index contributed by atoms with van der Waals surface area (Å²) in [5, 5.41) is 0. The van der Waals surface area contributed by atoms with Crippen molar-refractivity contribution in [3.05, 3.63) is 11.6 Å². The third kappa shape index (κ3) is 12.3. The van der Waals surface area contributed by atoms with Gasteiger partial charge in [-0.3, -0.25) is 9.69 Å². The third-order valence-corrected chi connectivity index (χ3v) is 18.3. The lowest BCUT2D eigenvalue weighted by molar-refractivity contribution is -0.148. The van der Waals surface area contributed by atoms with Gasteiger partial charge < -0.3 is 18.9 Å². The van der Waals surface area contributed by atoms with Crippen LogP contribution < -0.4 is 0 Å². The summed E-state index contributed by atoms with van der Waals surface area (Å²) < 4.78 is 23.4. The van der Waals surface area contributed by atoms with Gasteiger partial charge in [-0.15, -0.1) is 0 Å². The molecule has 60 heavy (non-hydrogen) atoms. The van der Waals surface area contributed by atoms with Crippen molar-refractivity contribution in [3.8, 4) is 0 Å². The van der Waals surface area contributed by atoms with Crippen molar-refractivity contribution in [2.45, 2.75) is 257 Å². The first-order valence-electron chi connectivity index (χ1n) is 26.0. The van der Waals surface area contributed by atoms with Gasteiger partial charge in [-0.25, -0.2) is 4.79 Å². The first-order chi connectivity index (χ1) is 28.9. The second kappa shape index (κ2) is 21.9. The average molecular weight is 836 g/mol. The molecule has 0 bridgehead atoms. The zero-order chi connectivity index (χ0) is 42.2. The maximum atomic E-state index is 13.2. The smallest absolute Gasteiger partial charge is 0.463 e. The van der Waals surface area contributed by atoms with Gasteiger partial charge in [0.15, 0.2) is 0 Å². The van der Waals surface area contributed by atoms with Crippen LogP contribution in [0.5, 0.6) is 0 Å². The maximum absolute atomic E-state index is 13.2. The molecule has 7 rings (SSSR count). The van der Waals surface area contributed by atoms with Crippen LogP contribution in [0.4, 0.5) is 4.79 Å². The number of ether oxygens (including phenoxy) is 4. The number of allylic oxidation sites excluding steroid dienone is 2. The molecule has 0 saturated heterocycles. The zero-order valence-corrected chi connectivity index (χ0v) is 39.4. The van der Waals surface area contributed by atoms with Crippen molar-refractivity contribution < 1.29 is 28.5 Å². The molecule has 0 heterocycles. The Morgan fingerprint density at radius 2 is 0.850 bits per heavy atom. The minimum atomic E-state index is -0.435. The highest BCUT2D eigenvalue weighted by Gasteiger charge is 2.42. The molecule has 7 nitrogen and oxygen atoms in total. The molecule has 7 aliphatic carbocycles. The molecule has 7 fully saturated rings. The van der Waals surface area contributed by atoms with Gasteiger partial charge in [-0.2, -0.15) is 0 Å². The Balaban J connectivity index is 0.887. The average Bonchev–Trinajstić information content (AvgIpc) is 3.25. The molecule has 7 saturated carbocycles. The van der Waals surface area contributed by atoms with E-state index in [9.17, 15) is 9.59 Å². The Morgan fingerprint density at radius 1 is 0.483 bits per heavy atom. The monoisotopic (exact) mass is 836 g/mol. The predicted octanol–water partition coefficient (Wildman–Crippen LogP) is 13.6. The van der Waals surface area contributed by atoms with Crippen molar-refractivity contribution >= 4 is 12.1 Å². The lowest BCUT2D eigenvalue weighted by Gasteiger charge is -2.49. The van der Waals surface area contributed by atoms with Gasteiger partial charge in [-0.1, -0.05) is 39.3 Å². The van der Waals surface area contributed by atoms with E-state index in [1.807, 2.05) is 7.11 Å². The number of methoxy groups -OCH3 is 1. The van der Waals surface area contributed by atoms with E-state index in [1.165, 1.54) is 110 Å². The zero-order valence-electron chi connectivity index (χ0n) is 39.4. The summed E-state index contributed by atoms with van der Waals surface area (Å²) in [6.07, 6.45) is 37.0. The number of esters is 1. The van der Waals surface area contributed by atoms with E-state index in [0.29, 0.717) is 35.7 Å². The molecule has 0 unspecified atom stereocenters. The van der Waals surface area contributed by atoms with Crippen molar-refractivity contribution in [2.75, 3.05) is 7.11 Å². The molecule has 0 amide bonds. The van der Waals surface area contributed by atoms with E-state index in [1.54, 1.807) is 5.57 Å². The Bertz CT molecular complexity index is 1320. The van der Waals surface area contributed by atoms with Gasteiger partial charge in [0.2, 0.25) is 0 Å². The van der Waals surface area contributed by atoms with Gasteiger partial charge in [-0.05, 0) is 227 Å². The molecule has 0 aliphatic heterocycles. The lowest BCUT2D eigenvalue weighted by atomic mass is 9.60. The second-order valence-corrected chi connectivity index (χ2v) is 22.6. The maximum Gasteiger partial charge on any atom is 0.508 e. The number of hydrogen-bond donors (Lipinski definition) is 0. The van der Waals surface area contributed by atoms with Crippen LogP contribution >= 0.6 is 0 Å². The normalized spacial score (nSPS) is 40.1. The van der Waals surface area contributed by atoms with Gasteiger partial charge >= 0.3 is 12.1 Å². The van der Waals surface area contributed by atoms with Crippen LogP contribution in [0.15, 0.2) is 11.6 Å². The molecule has 7 heteroatoms. The summed E-state index contributed by atoms with van der Waals surface area (Å²) in [5.74, 6) is 4.96. The molecule has 0 atom stereocenters. The molecule has 0 spiro atoms. The fourth-order valence-corrected chi connectivity index (χ4v) is 14.3. The van der Waals surface area contributed by atoms with Crippen LogP contribution in [-0.2, 0) is 23.7 Å². The molecule has 0 N–H and O–H groups in total. The van der Waals surface area contributed by atoms with Crippen LogP contribution in [0.25, 0.3) is 0 Å². The highest BCUT2D eigenvalue weighted by Crippen LogP contribution is 2.49. The summed E-state index contributed by atoms with van der Waals surface area (Å²) in [4.78, 5) is 27.8. The minimum absolute atomic E-state index is 0.0245. The third-order valence-electron chi connectivity index (χ3n) is 18.3. The summed E-state index contributed by atoms with van der Waals surface area (Å²) in [7, 11) is 1.90. The Morgan fingerprint density at radius 3 is 1.25 bits per heavy atom. The largest absolute Gasteiger partial charge is 0.508 e. The van der Waals surface area contributed by atoms with Crippen LogP contribution in [0.1, 0.15) is 214 Å². The number of carbonyl (C=O) groups is 2. The summed E-state index contributed by atoms with van der Waals surface area (Å²) in [6, 6.07) is 2.43. The standard InChI is InChI=1S/C53H89NO6/c1-36-7-21-44(22-8-36)54(45-23-9-37(2)10-24-45)46-25-11-39(12-26-46)35-51(40-13-27-47(57-6)28-14-40)41-15-29-49(30-16-41)59-52(56)60-50-33-19-43(20-34-50)53(4,5)42-17-31-48(32-18-42)58-38(3)55/h35-37,39-50H,7-34H2,1-6H3. The van der Waals surface area contributed by atoms with Crippen molar-refractivity contribution in [3.63, 3.8) is 0 Å². The van der Waals surface area contributed by atoms with E-state index in [2.05, 4.69) is 38.7 Å². The Hall–Kier alpha value is -1.60. The number of rotatable bonds is 12. The highest BCUT2D eigenvalue weighted by atomic mass is 16.7. The van der Waals surface area contributed by atoms with Crippen LogP contribution in [-0.4, -0.2) is 66.7 Å². The Labute approximate surface area is 367 Å². The molecule has 7 aliphatic rings. The van der Waals surface area contributed by atoms with Crippen molar-refractivity contribution in [1.29, 1.82) is 0 Å². The highest BCUT2D eigenvalue weighted by molar-refractivity contribution is 5.66. The van der Waals surface area contributed by atoms with Gasteiger partial charge in [0.1, 0.15) is 18.3 Å². The molecule has 0 aromatic heterocycles. The molecular formula is C53H89NO6. The van der Waals surface area contributed by atoms with Gasteiger partial charge in [0, 0.05) is 32.2 Å². The first kappa shape index (κ1) is 46.4. The van der Waals surface area contributed by atoms with Crippen molar-refractivity contribution in [1.82, 2.24) is 4.90 Å². The van der Waals surface area contributed by atoms with Crippen LogP contribution in [0, 0.1) is 46.8 Å². The molecule has 342 valence electrons. The molecular weight excluding hydrogens is 747 g/mol. The summed E-state index contributed by atoms with van der Waals surface area (Å²) in [6.45, 7) is 11.4. The van der Waals surface area contributed by atoms with Crippen LogP contribution in [0.2, 0.25) is 0 Å². The second-order valence-electron chi connectivity index (χ2n) is 22.6. The summed E-state index contributed by atoms with van der Waals surface area (Å²) in [5.41, 5.74) is 2.01.